The second-order valence-corrected chi connectivity index (χ2v) is 10.5. The third-order valence-corrected chi connectivity index (χ3v) is 7.91. The van der Waals surface area contributed by atoms with E-state index in [0.717, 1.165) is 32.8 Å². The number of nitrogens with one attached hydrogen (secondary N) is 1. The predicted molar refractivity (Wildman–Crippen MR) is 114 cm³/mol. The number of hydrogen-bond donors (Lipinski definition) is 1. The summed E-state index contributed by atoms with van der Waals surface area (Å²) in [5, 5.41) is 8.34. The first-order valence-corrected chi connectivity index (χ1v) is 11.4. The van der Waals surface area contributed by atoms with E-state index in [0.29, 0.717) is 18.8 Å². The van der Waals surface area contributed by atoms with Crippen molar-refractivity contribution in [3.05, 3.63) is 45.5 Å². The fraction of sp³-hybridized carbons (Fsp3) is 0.545. The Morgan fingerprint density at radius 2 is 1.82 bits per heavy atom. The molecule has 4 nitrogen and oxygen atoms in total. The van der Waals surface area contributed by atoms with E-state index in [1.165, 1.54) is 38.5 Å². The molecule has 1 aromatic heterocycles. The molecule has 1 amide bonds. The van der Waals surface area contributed by atoms with E-state index in [1.54, 1.807) is 0 Å². The van der Waals surface area contributed by atoms with E-state index in [-0.39, 0.29) is 11.3 Å². The average Bonchev–Trinajstić information content (AvgIpc) is 2.94. The lowest BCUT2D eigenvalue weighted by Crippen LogP contribution is -2.47. The van der Waals surface area contributed by atoms with Gasteiger partial charge >= 0.3 is 0 Å². The Kier molecular flexibility index (Phi) is 4.79. The highest BCUT2D eigenvalue weighted by Crippen LogP contribution is 2.61. The quantitative estimate of drug-likeness (QED) is 0.602. The van der Waals surface area contributed by atoms with Gasteiger partial charge < -0.3 is 5.32 Å². The molecule has 1 N–H and O–H groups in total. The number of rotatable bonds is 5. The molecule has 1 heterocycles. The molecule has 0 radical (unpaired) electrons. The number of halogens is 2. The molecule has 148 valence electrons. The van der Waals surface area contributed by atoms with Crippen molar-refractivity contribution in [3.8, 4) is 0 Å². The van der Waals surface area contributed by atoms with Crippen LogP contribution in [0.15, 0.2) is 34.9 Å². The minimum atomic E-state index is 0.102. The van der Waals surface area contributed by atoms with Crippen molar-refractivity contribution in [3.63, 3.8) is 0 Å². The first kappa shape index (κ1) is 18.7. The normalized spacial score (nSPS) is 30.6. The van der Waals surface area contributed by atoms with Crippen LogP contribution in [0, 0.1) is 23.2 Å². The Morgan fingerprint density at radius 1 is 1.18 bits per heavy atom. The van der Waals surface area contributed by atoms with E-state index >= 15 is 0 Å². The summed E-state index contributed by atoms with van der Waals surface area (Å²) in [6, 6.07) is 7.75. The number of nitrogens with zero attached hydrogens (tertiary/aromatic N) is 2. The van der Waals surface area contributed by atoms with Gasteiger partial charge in [0.2, 0.25) is 5.91 Å². The molecule has 2 aromatic rings. The first-order valence-electron chi connectivity index (χ1n) is 10.2. The highest BCUT2D eigenvalue weighted by Gasteiger charge is 2.51. The van der Waals surface area contributed by atoms with Crippen LogP contribution in [0.2, 0.25) is 5.02 Å². The van der Waals surface area contributed by atoms with Gasteiger partial charge in [-0.1, -0.05) is 29.8 Å². The first-order chi connectivity index (χ1) is 13.5. The Balaban J connectivity index is 1.26. The molecule has 4 bridgehead atoms. The van der Waals surface area contributed by atoms with E-state index in [9.17, 15) is 4.79 Å². The molecule has 6 rings (SSSR count). The van der Waals surface area contributed by atoms with E-state index in [2.05, 4.69) is 26.3 Å². The van der Waals surface area contributed by atoms with Crippen molar-refractivity contribution in [2.45, 2.75) is 51.5 Å². The van der Waals surface area contributed by atoms with Gasteiger partial charge in [-0.3, -0.25) is 9.48 Å². The highest BCUT2D eigenvalue weighted by atomic mass is 79.9. The number of amides is 1. The Bertz CT molecular complexity index is 874. The molecule has 4 aliphatic rings. The molecule has 6 heteroatoms. The van der Waals surface area contributed by atoms with Crippen molar-refractivity contribution in [1.82, 2.24) is 9.78 Å². The van der Waals surface area contributed by atoms with Gasteiger partial charge in [-0.2, -0.15) is 5.10 Å². The van der Waals surface area contributed by atoms with Crippen molar-refractivity contribution in [1.29, 1.82) is 0 Å². The number of carbonyl (C=O) groups is 1. The second kappa shape index (κ2) is 7.17. The van der Waals surface area contributed by atoms with Crippen LogP contribution >= 0.6 is 27.5 Å². The summed E-state index contributed by atoms with van der Waals surface area (Å²) in [6.45, 7) is 0.573. The zero-order valence-electron chi connectivity index (χ0n) is 15.8. The zero-order chi connectivity index (χ0) is 19.3. The minimum absolute atomic E-state index is 0.102. The maximum Gasteiger partial charge on any atom is 0.226 e. The molecule has 0 spiro atoms. The fourth-order valence-electron chi connectivity index (χ4n) is 6.39. The van der Waals surface area contributed by atoms with Crippen LogP contribution in [-0.4, -0.2) is 15.7 Å². The Morgan fingerprint density at radius 3 is 2.46 bits per heavy atom. The van der Waals surface area contributed by atoms with E-state index in [1.807, 2.05) is 35.1 Å². The number of hydrogen-bond acceptors (Lipinski definition) is 2. The SMILES string of the molecule is O=C(CC12CC3CC(CC(C3)C1)C2)Nc1nn(Cc2ccccc2Cl)cc1Br. The molecule has 4 fully saturated rings. The van der Waals surface area contributed by atoms with Crippen molar-refractivity contribution in [2.75, 3.05) is 5.32 Å². The molecule has 4 saturated carbocycles. The van der Waals surface area contributed by atoms with Crippen LogP contribution in [0.5, 0.6) is 0 Å². The largest absolute Gasteiger partial charge is 0.308 e. The maximum absolute atomic E-state index is 12.9. The predicted octanol–water partition coefficient (Wildman–Crippen LogP) is 5.89. The Hall–Kier alpha value is -1.33. The van der Waals surface area contributed by atoms with Gasteiger partial charge in [0.15, 0.2) is 5.82 Å². The summed E-state index contributed by atoms with van der Waals surface area (Å²) in [6.07, 6.45) is 10.5. The van der Waals surface area contributed by atoms with Gasteiger partial charge in [0.1, 0.15) is 0 Å². The molecule has 0 atom stereocenters. The molecule has 0 saturated heterocycles. The number of carbonyl (C=O) groups excluding carboxylic acids is 1. The third-order valence-electron chi connectivity index (χ3n) is 6.97. The smallest absolute Gasteiger partial charge is 0.226 e. The van der Waals surface area contributed by atoms with Gasteiger partial charge in [-0.05, 0) is 89.3 Å². The molecular formula is C22H25BrClN3O. The summed E-state index contributed by atoms with van der Waals surface area (Å²) >= 11 is 9.79. The van der Waals surface area contributed by atoms with Crippen molar-refractivity contribution >= 4 is 39.3 Å². The van der Waals surface area contributed by atoms with E-state index in [4.69, 9.17) is 11.6 Å². The Labute approximate surface area is 179 Å². The van der Waals surface area contributed by atoms with Gasteiger partial charge in [0.05, 0.1) is 11.0 Å². The van der Waals surface area contributed by atoms with Crippen LogP contribution in [0.1, 0.15) is 50.5 Å². The van der Waals surface area contributed by atoms with Gasteiger partial charge in [-0.25, -0.2) is 0 Å². The topological polar surface area (TPSA) is 46.9 Å². The van der Waals surface area contributed by atoms with Crippen LogP contribution in [0.25, 0.3) is 0 Å². The lowest BCUT2D eigenvalue weighted by molar-refractivity contribution is -0.124. The molecule has 4 aliphatic carbocycles. The summed E-state index contributed by atoms with van der Waals surface area (Å²) in [4.78, 5) is 12.9. The molecule has 0 aliphatic heterocycles. The lowest BCUT2D eigenvalue weighted by atomic mass is 9.49. The van der Waals surface area contributed by atoms with Crippen molar-refractivity contribution < 1.29 is 4.79 Å². The van der Waals surface area contributed by atoms with Gasteiger partial charge in [0.25, 0.3) is 0 Å². The second-order valence-electron chi connectivity index (χ2n) is 9.26. The van der Waals surface area contributed by atoms with Crippen LogP contribution < -0.4 is 5.32 Å². The van der Waals surface area contributed by atoms with Crippen LogP contribution in [0.3, 0.4) is 0 Å². The molecule has 28 heavy (non-hydrogen) atoms. The standard InChI is InChI=1S/C22H25BrClN3O/c23-18-13-27(12-17-3-1-2-4-19(17)24)26-21(18)25-20(28)11-22-8-14-5-15(9-22)7-16(6-14)10-22/h1-4,13-16H,5-12H2,(H,25,26,28). The highest BCUT2D eigenvalue weighted by molar-refractivity contribution is 9.10. The summed E-state index contributed by atoms with van der Waals surface area (Å²) in [7, 11) is 0. The van der Waals surface area contributed by atoms with Crippen LogP contribution in [-0.2, 0) is 11.3 Å². The molecular weight excluding hydrogens is 438 g/mol. The minimum Gasteiger partial charge on any atom is -0.308 e. The average molecular weight is 463 g/mol. The van der Waals surface area contributed by atoms with Crippen LogP contribution in [0.4, 0.5) is 5.82 Å². The summed E-state index contributed by atoms with van der Waals surface area (Å²) < 4.78 is 2.62. The van der Waals surface area contributed by atoms with E-state index < -0.39 is 0 Å². The zero-order valence-corrected chi connectivity index (χ0v) is 18.2. The molecule has 0 unspecified atom stereocenters. The lowest BCUT2D eigenvalue weighted by Gasteiger charge is -2.56. The van der Waals surface area contributed by atoms with Gasteiger partial charge in [-0.15, -0.1) is 0 Å². The molecule has 1 aromatic carbocycles. The van der Waals surface area contributed by atoms with Crippen molar-refractivity contribution in [2.24, 2.45) is 23.2 Å². The van der Waals surface area contributed by atoms with Gasteiger partial charge in [0, 0.05) is 17.6 Å². The maximum atomic E-state index is 12.9. The summed E-state index contributed by atoms with van der Waals surface area (Å²) in [5.41, 5.74) is 1.25. The third kappa shape index (κ3) is 3.63. The fourth-order valence-corrected chi connectivity index (χ4v) is 7.00. The number of aromatic nitrogens is 2. The number of benzene rings is 1. The summed E-state index contributed by atoms with van der Waals surface area (Å²) in [5.74, 6) is 3.29. The number of anilines is 1. The monoisotopic (exact) mass is 461 g/mol.